The maximum Gasteiger partial charge on any atom is 0.222 e. The van der Waals surface area contributed by atoms with Gasteiger partial charge in [-0.25, -0.2) is 0 Å². The van der Waals surface area contributed by atoms with Crippen LogP contribution < -0.4 is 10.1 Å². The van der Waals surface area contributed by atoms with Gasteiger partial charge in [0.2, 0.25) is 5.91 Å². The highest BCUT2D eigenvalue weighted by Gasteiger charge is 2.14. The predicted molar refractivity (Wildman–Crippen MR) is 93.8 cm³/mol. The van der Waals surface area contributed by atoms with Crippen molar-refractivity contribution in [1.29, 1.82) is 0 Å². The fraction of sp³-hybridized carbons (Fsp3) is 0.632. The number of carbonyl (C=O) groups is 1. The van der Waals surface area contributed by atoms with Crippen LogP contribution in [0.2, 0.25) is 0 Å². The third-order valence-corrected chi connectivity index (χ3v) is 4.26. The highest BCUT2D eigenvalue weighted by molar-refractivity contribution is 5.76. The van der Waals surface area contributed by atoms with Gasteiger partial charge in [0.05, 0.1) is 6.61 Å². The first-order valence-electron chi connectivity index (χ1n) is 9.00. The van der Waals surface area contributed by atoms with Crippen molar-refractivity contribution in [3.63, 3.8) is 0 Å². The Hall–Kier alpha value is -1.55. The van der Waals surface area contributed by atoms with Crippen LogP contribution in [0.3, 0.4) is 0 Å². The van der Waals surface area contributed by atoms with Crippen LogP contribution in [0.5, 0.6) is 5.75 Å². The molecule has 1 N–H and O–H groups in total. The number of aryl methyl sites for hydroxylation is 1. The highest BCUT2D eigenvalue weighted by atomic mass is 16.5. The van der Waals surface area contributed by atoms with Gasteiger partial charge in [-0.2, -0.15) is 0 Å². The van der Waals surface area contributed by atoms with Gasteiger partial charge in [0.1, 0.15) is 5.75 Å². The van der Waals surface area contributed by atoms with Crippen LogP contribution in [0.1, 0.15) is 44.6 Å². The molecule has 0 spiro atoms. The smallest absolute Gasteiger partial charge is 0.222 e. The SMILES string of the molecule is CCCCCOc1ccc(CCC(=O)N2CCCNCC2)cc1. The number of carbonyl (C=O) groups excluding carboxylic acids is 1. The first-order chi connectivity index (χ1) is 11.3. The summed E-state index contributed by atoms with van der Waals surface area (Å²) >= 11 is 0. The number of rotatable bonds is 8. The Kier molecular flexibility index (Phi) is 7.95. The zero-order valence-corrected chi connectivity index (χ0v) is 14.4. The van der Waals surface area contributed by atoms with Crippen LogP contribution >= 0.6 is 0 Å². The number of amides is 1. The maximum atomic E-state index is 12.3. The summed E-state index contributed by atoms with van der Waals surface area (Å²) in [5, 5.41) is 3.33. The first-order valence-corrected chi connectivity index (χ1v) is 9.00. The van der Waals surface area contributed by atoms with Gasteiger partial charge in [-0.1, -0.05) is 31.9 Å². The van der Waals surface area contributed by atoms with Gasteiger partial charge in [-0.15, -0.1) is 0 Å². The average Bonchev–Trinajstić information content (AvgIpc) is 2.87. The number of hydrogen-bond donors (Lipinski definition) is 1. The molecule has 1 aliphatic rings. The zero-order valence-electron chi connectivity index (χ0n) is 14.4. The molecule has 0 radical (unpaired) electrons. The molecular weight excluding hydrogens is 288 g/mol. The maximum absolute atomic E-state index is 12.3. The van der Waals surface area contributed by atoms with Crippen LogP contribution in [0.25, 0.3) is 0 Å². The number of ether oxygens (including phenoxy) is 1. The Balaban J connectivity index is 1.71. The minimum absolute atomic E-state index is 0.272. The lowest BCUT2D eigenvalue weighted by molar-refractivity contribution is -0.130. The van der Waals surface area contributed by atoms with Gasteiger partial charge in [0.25, 0.3) is 0 Å². The van der Waals surface area contributed by atoms with Crippen LogP contribution in [0.4, 0.5) is 0 Å². The van der Waals surface area contributed by atoms with E-state index in [0.29, 0.717) is 6.42 Å². The van der Waals surface area contributed by atoms with E-state index in [1.54, 1.807) is 0 Å². The van der Waals surface area contributed by atoms with Crippen molar-refractivity contribution in [2.75, 3.05) is 32.8 Å². The monoisotopic (exact) mass is 318 g/mol. The summed E-state index contributed by atoms with van der Waals surface area (Å²) in [7, 11) is 0. The predicted octanol–water partition coefficient (Wildman–Crippen LogP) is 3.01. The Labute approximate surface area is 140 Å². The first kappa shape index (κ1) is 17.8. The van der Waals surface area contributed by atoms with Crippen molar-refractivity contribution in [1.82, 2.24) is 10.2 Å². The number of benzene rings is 1. The van der Waals surface area contributed by atoms with E-state index in [4.69, 9.17) is 4.74 Å². The van der Waals surface area contributed by atoms with E-state index in [1.807, 2.05) is 17.0 Å². The van der Waals surface area contributed by atoms with Crippen molar-refractivity contribution in [3.8, 4) is 5.75 Å². The number of nitrogens with one attached hydrogen (secondary N) is 1. The van der Waals surface area contributed by atoms with E-state index in [9.17, 15) is 4.79 Å². The lowest BCUT2D eigenvalue weighted by Crippen LogP contribution is -2.34. The summed E-state index contributed by atoms with van der Waals surface area (Å²) in [6.07, 6.45) is 5.98. The summed E-state index contributed by atoms with van der Waals surface area (Å²) in [5.74, 6) is 1.20. The summed E-state index contributed by atoms with van der Waals surface area (Å²) in [4.78, 5) is 14.3. The molecule has 0 atom stereocenters. The minimum atomic E-state index is 0.272. The van der Waals surface area contributed by atoms with Crippen LogP contribution in [-0.4, -0.2) is 43.6 Å². The lowest BCUT2D eigenvalue weighted by atomic mass is 10.1. The molecule has 0 unspecified atom stereocenters. The van der Waals surface area contributed by atoms with Crippen molar-refractivity contribution in [2.45, 2.75) is 45.4 Å². The Morgan fingerprint density at radius 3 is 2.78 bits per heavy atom. The Bertz CT molecular complexity index is 451. The van der Waals surface area contributed by atoms with Gasteiger partial charge in [-0.05, 0) is 43.5 Å². The van der Waals surface area contributed by atoms with Gasteiger partial charge in [0.15, 0.2) is 0 Å². The summed E-state index contributed by atoms with van der Waals surface area (Å²) < 4.78 is 5.72. The number of nitrogens with zero attached hydrogens (tertiary/aromatic N) is 1. The Morgan fingerprint density at radius 1 is 1.17 bits per heavy atom. The average molecular weight is 318 g/mol. The van der Waals surface area contributed by atoms with Gasteiger partial charge in [0, 0.05) is 26.1 Å². The molecule has 23 heavy (non-hydrogen) atoms. The van der Waals surface area contributed by atoms with Crippen molar-refractivity contribution >= 4 is 5.91 Å². The van der Waals surface area contributed by atoms with Crippen LogP contribution in [0, 0.1) is 0 Å². The third kappa shape index (κ3) is 6.61. The molecular formula is C19H30N2O2. The standard InChI is InChI=1S/C19H30N2O2/c1-2-3-4-16-23-18-9-6-17(7-10-18)8-11-19(22)21-14-5-12-20-13-15-21/h6-7,9-10,20H,2-5,8,11-16H2,1H3. The van der Waals surface area contributed by atoms with Crippen LogP contribution in [-0.2, 0) is 11.2 Å². The van der Waals surface area contributed by atoms with E-state index >= 15 is 0 Å². The lowest BCUT2D eigenvalue weighted by Gasteiger charge is -2.19. The fourth-order valence-electron chi connectivity index (χ4n) is 2.80. The van der Waals surface area contributed by atoms with E-state index < -0.39 is 0 Å². The molecule has 1 heterocycles. The second-order valence-corrected chi connectivity index (χ2v) is 6.18. The molecule has 0 aliphatic carbocycles. The van der Waals surface area contributed by atoms with Crippen molar-refractivity contribution < 1.29 is 9.53 Å². The molecule has 0 aromatic heterocycles. The molecule has 1 saturated heterocycles. The summed E-state index contributed by atoms with van der Waals surface area (Å²) in [6, 6.07) is 8.18. The molecule has 2 rings (SSSR count). The second-order valence-electron chi connectivity index (χ2n) is 6.18. The van der Waals surface area contributed by atoms with E-state index in [-0.39, 0.29) is 5.91 Å². The molecule has 1 amide bonds. The molecule has 1 aromatic carbocycles. The van der Waals surface area contributed by atoms with Gasteiger partial charge >= 0.3 is 0 Å². The second kappa shape index (κ2) is 10.3. The van der Waals surface area contributed by atoms with Gasteiger partial charge < -0.3 is 15.0 Å². The molecule has 1 aliphatic heterocycles. The Morgan fingerprint density at radius 2 is 2.00 bits per heavy atom. The molecule has 4 nitrogen and oxygen atoms in total. The minimum Gasteiger partial charge on any atom is -0.494 e. The van der Waals surface area contributed by atoms with Gasteiger partial charge in [-0.3, -0.25) is 4.79 Å². The van der Waals surface area contributed by atoms with E-state index in [0.717, 1.165) is 57.8 Å². The normalized spacial score (nSPS) is 15.3. The molecule has 128 valence electrons. The molecule has 1 aromatic rings. The quantitative estimate of drug-likeness (QED) is 0.749. The highest BCUT2D eigenvalue weighted by Crippen LogP contribution is 2.14. The summed E-state index contributed by atoms with van der Waals surface area (Å²) in [5.41, 5.74) is 1.20. The molecule has 4 heteroatoms. The topological polar surface area (TPSA) is 41.6 Å². The third-order valence-electron chi connectivity index (χ3n) is 4.26. The van der Waals surface area contributed by atoms with Crippen LogP contribution in [0.15, 0.2) is 24.3 Å². The zero-order chi connectivity index (χ0) is 16.3. The molecule has 1 fully saturated rings. The van der Waals surface area contributed by atoms with E-state index in [1.165, 1.54) is 18.4 Å². The van der Waals surface area contributed by atoms with E-state index in [2.05, 4.69) is 24.4 Å². The largest absolute Gasteiger partial charge is 0.494 e. The van der Waals surface area contributed by atoms with Crippen molar-refractivity contribution in [3.05, 3.63) is 29.8 Å². The number of unbranched alkanes of at least 4 members (excludes halogenated alkanes) is 2. The fourth-order valence-corrected chi connectivity index (χ4v) is 2.80. The number of hydrogen-bond acceptors (Lipinski definition) is 3. The molecule has 0 saturated carbocycles. The summed E-state index contributed by atoms with van der Waals surface area (Å²) in [6.45, 7) is 6.63. The molecule has 0 bridgehead atoms. The van der Waals surface area contributed by atoms with Crippen molar-refractivity contribution in [2.24, 2.45) is 0 Å².